The van der Waals surface area contributed by atoms with Crippen molar-refractivity contribution in [3.63, 3.8) is 0 Å². The SMILES string of the molecule is BN1C[C@H](O[Si](C)(C)C(C)(C)C)C[C@H]1COc1ccc(Nc2ncc(F)c(Nc3cccc(N=O)c3)n2)cc1F. The monoisotopic (exact) mass is 568 g/mol. The van der Waals surface area contributed by atoms with E-state index in [0.29, 0.717) is 18.0 Å². The third-order valence-corrected chi connectivity index (χ3v) is 12.0. The molecule has 0 amide bonds. The van der Waals surface area contributed by atoms with Gasteiger partial charge in [0.05, 0.1) is 12.3 Å². The highest BCUT2D eigenvalue weighted by atomic mass is 28.4. The smallest absolute Gasteiger partial charge is 0.229 e. The number of ether oxygens (including phenoxy) is 1. The van der Waals surface area contributed by atoms with Gasteiger partial charge in [0.2, 0.25) is 5.95 Å². The molecule has 40 heavy (non-hydrogen) atoms. The quantitative estimate of drug-likeness (QED) is 0.226. The minimum atomic E-state index is -1.88. The van der Waals surface area contributed by atoms with Gasteiger partial charge in [0.15, 0.2) is 39.5 Å². The van der Waals surface area contributed by atoms with E-state index in [1.165, 1.54) is 24.3 Å². The lowest BCUT2D eigenvalue weighted by Gasteiger charge is -2.38. The summed E-state index contributed by atoms with van der Waals surface area (Å²) in [6.45, 7) is 12.3. The average Bonchev–Trinajstić information content (AvgIpc) is 3.23. The molecule has 0 saturated carbocycles. The van der Waals surface area contributed by atoms with E-state index in [2.05, 4.69) is 64.5 Å². The zero-order valence-corrected chi connectivity index (χ0v) is 24.7. The van der Waals surface area contributed by atoms with Gasteiger partial charge in [0.1, 0.15) is 12.3 Å². The maximum Gasteiger partial charge on any atom is 0.229 e. The number of benzene rings is 2. The molecule has 2 heterocycles. The van der Waals surface area contributed by atoms with Crippen LogP contribution < -0.4 is 15.4 Å². The largest absolute Gasteiger partial charge is 0.489 e. The first kappa shape index (κ1) is 29.6. The van der Waals surface area contributed by atoms with Crippen molar-refractivity contribution in [2.75, 3.05) is 23.8 Å². The summed E-state index contributed by atoms with van der Waals surface area (Å²) in [5.74, 6) is -1.16. The summed E-state index contributed by atoms with van der Waals surface area (Å²) in [5.41, 5.74) is 0.990. The van der Waals surface area contributed by atoms with Crippen LogP contribution in [0, 0.1) is 16.5 Å². The van der Waals surface area contributed by atoms with E-state index < -0.39 is 20.0 Å². The number of hydrogen-bond acceptors (Lipinski definition) is 9. The summed E-state index contributed by atoms with van der Waals surface area (Å²) in [5, 5.41) is 8.67. The molecule has 4 rings (SSSR count). The summed E-state index contributed by atoms with van der Waals surface area (Å²) < 4.78 is 41.6. The molecule has 212 valence electrons. The van der Waals surface area contributed by atoms with Crippen LogP contribution in [0.3, 0.4) is 0 Å². The number of rotatable bonds is 10. The fourth-order valence-electron chi connectivity index (χ4n) is 4.21. The number of nitroso groups, excluding NO2 is 1. The van der Waals surface area contributed by atoms with Gasteiger partial charge < -0.3 is 24.6 Å². The van der Waals surface area contributed by atoms with Gasteiger partial charge in [-0.25, -0.2) is 13.8 Å². The van der Waals surface area contributed by atoms with E-state index >= 15 is 0 Å². The maximum absolute atomic E-state index is 14.9. The lowest BCUT2D eigenvalue weighted by Crippen LogP contribution is -2.44. The number of hydrogen-bond donors (Lipinski definition) is 2. The van der Waals surface area contributed by atoms with Crippen molar-refractivity contribution in [2.24, 2.45) is 5.18 Å². The van der Waals surface area contributed by atoms with E-state index in [-0.39, 0.29) is 40.4 Å². The fraction of sp³-hybridized carbons (Fsp3) is 0.407. The van der Waals surface area contributed by atoms with Gasteiger partial charge in [-0.2, -0.15) is 4.98 Å². The first-order valence-corrected chi connectivity index (χ1v) is 16.1. The van der Waals surface area contributed by atoms with Gasteiger partial charge >= 0.3 is 0 Å². The molecule has 0 spiro atoms. The average molecular weight is 569 g/mol. The number of nitrogens with one attached hydrogen (secondary N) is 2. The zero-order valence-electron chi connectivity index (χ0n) is 23.7. The summed E-state index contributed by atoms with van der Waals surface area (Å²) in [7, 11) is 0.157. The van der Waals surface area contributed by atoms with Crippen molar-refractivity contribution in [1.82, 2.24) is 14.8 Å². The standard InChI is InChI=1S/C27H35BF2N6O3Si/c1-27(2,3)40(4,5)39-21-13-20(36(28)15-21)16-38-24-10-9-18(12-22(24)29)33-26-31-14-23(30)25(34-26)32-17-7-6-8-19(11-17)35-37/h6-12,14,20-21H,13,15-16,28H2,1-5H3,(H2,31,32,33,34)/t20-,21+/m0/s1. The van der Waals surface area contributed by atoms with Gasteiger partial charge in [0, 0.05) is 30.0 Å². The molecule has 1 fully saturated rings. The predicted octanol–water partition coefficient (Wildman–Crippen LogP) is 6.03. The van der Waals surface area contributed by atoms with Crippen LogP contribution in [0.15, 0.2) is 53.8 Å². The van der Waals surface area contributed by atoms with Crippen LogP contribution in [0.25, 0.3) is 0 Å². The molecule has 13 heteroatoms. The molecule has 1 aromatic heterocycles. The van der Waals surface area contributed by atoms with Crippen LogP contribution in [0.1, 0.15) is 27.2 Å². The van der Waals surface area contributed by atoms with Crippen LogP contribution in [-0.4, -0.2) is 56.4 Å². The van der Waals surface area contributed by atoms with Crippen LogP contribution in [0.5, 0.6) is 5.75 Å². The first-order chi connectivity index (χ1) is 18.8. The first-order valence-electron chi connectivity index (χ1n) is 13.1. The molecule has 2 aromatic carbocycles. The van der Waals surface area contributed by atoms with E-state index in [1.54, 1.807) is 18.2 Å². The van der Waals surface area contributed by atoms with E-state index in [1.807, 2.05) is 7.98 Å². The van der Waals surface area contributed by atoms with Crippen molar-refractivity contribution in [2.45, 2.75) is 57.5 Å². The Morgan fingerprint density at radius 2 is 1.88 bits per heavy atom. The van der Waals surface area contributed by atoms with E-state index in [4.69, 9.17) is 9.16 Å². The van der Waals surface area contributed by atoms with Crippen molar-refractivity contribution in [1.29, 1.82) is 0 Å². The Hall–Kier alpha value is -3.42. The van der Waals surface area contributed by atoms with Gasteiger partial charge in [-0.05, 0) is 60.1 Å². The highest BCUT2D eigenvalue weighted by Gasteiger charge is 2.41. The Bertz CT molecular complexity index is 1360. The molecule has 0 aliphatic carbocycles. The lowest BCUT2D eigenvalue weighted by molar-refractivity contribution is 0.190. The van der Waals surface area contributed by atoms with Crippen LogP contribution in [0.4, 0.5) is 37.6 Å². The van der Waals surface area contributed by atoms with Crippen LogP contribution in [-0.2, 0) is 4.43 Å². The lowest BCUT2D eigenvalue weighted by atomic mass is 10.2. The van der Waals surface area contributed by atoms with Crippen LogP contribution in [0.2, 0.25) is 18.1 Å². The van der Waals surface area contributed by atoms with E-state index in [9.17, 15) is 13.7 Å². The number of aromatic nitrogens is 2. The molecular formula is C27H35BF2N6O3Si. The number of halogens is 2. The summed E-state index contributed by atoms with van der Waals surface area (Å²) >= 11 is 0. The highest BCUT2D eigenvalue weighted by molar-refractivity contribution is 6.74. The fourth-order valence-corrected chi connectivity index (χ4v) is 5.56. The third-order valence-electron chi connectivity index (χ3n) is 7.50. The third kappa shape index (κ3) is 7.20. The molecule has 3 aromatic rings. The normalized spacial score (nSPS) is 18.0. The summed E-state index contributed by atoms with van der Waals surface area (Å²) in [6.07, 6.45) is 1.96. The molecular weight excluding hydrogens is 533 g/mol. The molecule has 2 N–H and O–H groups in total. The molecule has 2 atom stereocenters. The van der Waals surface area contributed by atoms with Gasteiger partial charge in [-0.1, -0.05) is 26.8 Å². The maximum atomic E-state index is 14.9. The number of nitrogens with zero attached hydrogens (tertiary/aromatic N) is 4. The van der Waals surface area contributed by atoms with Crippen molar-refractivity contribution in [3.05, 3.63) is 65.2 Å². The van der Waals surface area contributed by atoms with Gasteiger partial charge in [-0.3, -0.25) is 0 Å². The Kier molecular flexibility index (Phi) is 8.86. The van der Waals surface area contributed by atoms with Gasteiger partial charge in [0.25, 0.3) is 0 Å². The minimum absolute atomic E-state index is 0.0574. The highest BCUT2D eigenvalue weighted by Crippen LogP contribution is 2.39. The number of anilines is 4. The molecule has 1 saturated heterocycles. The Balaban J connectivity index is 1.36. The second-order valence-corrected chi connectivity index (χ2v) is 16.3. The summed E-state index contributed by atoms with van der Waals surface area (Å²) in [6, 6.07) is 10.8. The second-order valence-electron chi connectivity index (χ2n) is 11.6. The zero-order chi connectivity index (χ0) is 29.1. The Morgan fingerprint density at radius 3 is 2.58 bits per heavy atom. The van der Waals surface area contributed by atoms with Gasteiger partial charge in [-0.15, -0.1) is 4.91 Å². The molecule has 0 unspecified atom stereocenters. The van der Waals surface area contributed by atoms with Crippen molar-refractivity contribution < 1.29 is 17.9 Å². The topological polar surface area (TPSA) is 101 Å². The summed E-state index contributed by atoms with van der Waals surface area (Å²) in [4.78, 5) is 21.0. The molecule has 9 nitrogen and oxygen atoms in total. The molecule has 0 bridgehead atoms. The van der Waals surface area contributed by atoms with Crippen molar-refractivity contribution in [3.8, 4) is 5.75 Å². The molecule has 0 radical (unpaired) electrons. The molecule has 1 aliphatic heterocycles. The Morgan fingerprint density at radius 1 is 1.12 bits per heavy atom. The predicted molar refractivity (Wildman–Crippen MR) is 158 cm³/mol. The van der Waals surface area contributed by atoms with Crippen LogP contribution >= 0.6 is 0 Å². The second kappa shape index (κ2) is 12.0. The Labute approximate surface area is 235 Å². The minimum Gasteiger partial charge on any atom is -0.489 e. The van der Waals surface area contributed by atoms with E-state index in [0.717, 1.165) is 19.2 Å². The van der Waals surface area contributed by atoms with Crippen molar-refractivity contribution >= 4 is 45.1 Å². The molecule has 1 aliphatic rings.